The fourth-order valence-electron chi connectivity index (χ4n) is 6.42. The van der Waals surface area contributed by atoms with Crippen LogP contribution in [0.5, 0.6) is 11.5 Å². The van der Waals surface area contributed by atoms with Gasteiger partial charge in [-0.2, -0.15) is 0 Å². The monoisotopic (exact) mass is 662 g/mol. The largest absolute Gasteiger partial charge is 0.427 e. The van der Waals surface area contributed by atoms with Crippen LogP contribution in [0, 0.1) is 0 Å². The molecule has 0 aromatic heterocycles. The van der Waals surface area contributed by atoms with Crippen molar-refractivity contribution in [3.8, 4) is 11.5 Å². The van der Waals surface area contributed by atoms with Crippen molar-refractivity contribution in [2.75, 3.05) is 39.3 Å². The smallest absolute Gasteiger partial charge is 0.308 e. The van der Waals surface area contributed by atoms with Crippen LogP contribution in [0.2, 0.25) is 0 Å². The first-order valence-electron chi connectivity index (χ1n) is 16.6. The van der Waals surface area contributed by atoms with Crippen LogP contribution in [0.1, 0.15) is 88.4 Å². The molecule has 2 aromatic rings. The van der Waals surface area contributed by atoms with E-state index in [2.05, 4.69) is 5.32 Å². The normalized spacial score (nSPS) is 19.7. The molecule has 2 aliphatic rings. The molecular formula is C36H46N4O8. The molecule has 4 bridgehead atoms. The molecule has 2 heterocycles. The zero-order valence-corrected chi connectivity index (χ0v) is 28.3. The number of carbonyl (C=O) groups is 6. The van der Waals surface area contributed by atoms with Gasteiger partial charge in [-0.3, -0.25) is 28.8 Å². The Morgan fingerprint density at radius 1 is 0.771 bits per heavy atom. The van der Waals surface area contributed by atoms with Crippen molar-refractivity contribution in [1.82, 2.24) is 20.0 Å². The van der Waals surface area contributed by atoms with Crippen molar-refractivity contribution in [2.24, 2.45) is 0 Å². The van der Waals surface area contributed by atoms with Crippen LogP contribution < -0.4 is 14.8 Å². The van der Waals surface area contributed by atoms with Gasteiger partial charge in [-0.1, -0.05) is 18.2 Å². The number of esters is 2. The highest BCUT2D eigenvalue weighted by Crippen LogP contribution is 2.37. The lowest BCUT2D eigenvalue weighted by atomic mass is 9.87. The third-order valence-corrected chi connectivity index (χ3v) is 8.75. The Kier molecular flexibility index (Phi) is 12.7. The van der Waals surface area contributed by atoms with E-state index in [-0.39, 0.29) is 42.2 Å². The second kappa shape index (κ2) is 16.9. The van der Waals surface area contributed by atoms with Crippen LogP contribution in [0.15, 0.2) is 42.5 Å². The van der Waals surface area contributed by atoms with Gasteiger partial charge in [0.2, 0.25) is 23.6 Å². The molecule has 2 aliphatic heterocycles. The van der Waals surface area contributed by atoms with E-state index in [1.807, 2.05) is 0 Å². The molecule has 2 unspecified atom stereocenters. The van der Waals surface area contributed by atoms with Gasteiger partial charge >= 0.3 is 11.9 Å². The molecule has 0 saturated heterocycles. The van der Waals surface area contributed by atoms with E-state index in [0.717, 1.165) is 5.56 Å². The van der Waals surface area contributed by atoms with E-state index >= 15 is 0 Å². The summed E-state index contributed by atoms with van der Waals surface area (Å²) >= 11 is 0. The molecule has 1 N–H and O–H groups in total. The standard InChI is InChI=1S/C36H46N4O8/c1-24(41)38-16-5-6-17-39-18-7-15-37-35(45)23-33(40(25(2)42)20-8-19-38)29-11-14-34(48-27(4)44)31(22-29)32(36(39)46)21-28-9-12-30(13-10-28)47-26(3)43/h9-14,22,32-33H,5-8,15-21,23H2,1-4H3,(H,37,45). The maximum atomic E-state index is 14.7. The Bertz CT molecular complexity index is 1510. The zero-order chi connectivity index (χ0) is 34.8. The number of nitrogens with zero attached hydrogens (tertiary/aromatic N) is 3. The van der Waals surface area contributed by atoms with Gasteiger partial charge < -0.3 is 29.5 Å². The molecule has 4 rings (SSSR count). The molecular weight excluding hydrogens is 616 g/mol. The predicted molar refractivity (Wildman–Crippen MR) is 177 cm³/mol. The van der Waals surface area contributed by atoms with E-state index < -0.39 is 23.9 Å². The molecule has 0 aliphatic carbocycles. The van der Waals surface area contributed by atoms with E-state index in [4.69, 9.17) is 9.47 Å². The zero-order valence-electron chi connectivity index (χ0n) is 28.3. The van der Waals surface area contributed by atoms with Crippen LogP contribution in [0.25, 0.3) is 0 Å². The molecule has 12 heteroatoms. The van der Waals surface area contributed by atoms with E-state index in [0.29, 0.717) is 81.8 Å². The molecule has 2 atom stereocenters. The lowest BCUT2D eigenvalue weighted by molar-refractivity contribution is -0.134. The second-order valence-electron chi connectivity index (χ2n) is 12.4. The molecule has 0 spiro atoms. The summed E-state index contributed by atoms with van der Waals surface area (Å²) < 4.78 is 10.9. The van der Waals surface area contributed by atoms with Gasteiger partial charge in [0.15, 0.2) is 0 Å². The van der Waals surface area contributed by atoms with Crippen molar-refractivity contribution in [3.05, 3.63) is 59.2 Å². The number of hydrogen-bond donors (Lipinski definition) is 1. The quantitative estimate of drug-likeness (QED) is 0.387. The number of fused-ring (bicyclic) bond motifs is 2. The third kappa shape index (κ3) is 9.88. The van der Waals surface area contributed by atoms with Crippen molar-refractivity contribution < 1.29 is 38.2 Å². The first kappa shape index (κ1) is 36.1. The Morgan fingerprint density at radius 3 is 2.10 bits per heavy atom. The Morgan fingerprint density at radius 2 is 1.44 bits per heavy atom. The van der Waals surface area contributed by atoms with Gasteiger partial charge in [0.05, 0.1) is 18.4 Å². The average molecular weight is 663 g/mol. The van der Waals surface area contributed by atoms with Crippen molar-refractivity contribution >= 4 is 35.6 Å². The van der Waals surface area contributed by atoms with Crippen molar-refractivity contribution in [1.29, 1.82) is 0 Å². The lowest BCUT2D eigenvalue weighted by Gasteiger charge is -2.33. The predicted octanol–water partition coefficient (Wildman–Crippen LogP) is 3.52. The summed E-state index contributed by atoms with van der Waals surface area (Å²) in [5.74, 6) is -1.87. The van der Waals surface area contributed by atoms with Crippen LogP contribution in [-0.2, 0) is 35.2 Å². The first-order valence-corrected chi connectivity index (χ1v) is 16.6. The van der Waals surface area contributed by atoms with Gasteiger partial charge in [-0.15, -0.1) is 0 Å². The Hall–Kier alpha value is -4.74. The van der Waals surface area contributed by atoms with Gasteiger partial charge in [0.25, 0.3) is 0 Å². The van der Waals surface area contributed by atoms with Crippen LogP contribution >= 0.6 is 0 Å². The number of ether oxygens (including phenoxy) is 2. The molecule has 4 amide bonds. The van der Waals surface area contributed by atoms with E-state index in [1.54, 1.807) is 57.2 Å². The van der Waals surface area contributed by atoms with Crippen LogP contribution in [-0.4, -0.2) is 89.5 Å². The highest BCUT2D eigenvalue weighted by Gasteiger charge is 2.33. The van der Waals surface area contributed by atoms with Gasteiger partial charge in [0, 0.05) is 72.5 Å². The number of nitrogens with one attached hydrogen (secondary N) is 1. The fraction of sp³-hybridized carbons (Fsp3) is 0.500. The van der Waals surface area contributed by atoms with Gasteiger partial charge in [-0.05, 0) is 67.5 Å². The minimum absolute atomic E-state index is 0.0116. The summed E-state index contributed by atoms with van der Waals surface area (Å²) in [6, 6.07) is 11.4. The van der Waals surface area contributed by atoms with Crippen LogP contribution in [0.4, 0.5) is 0 Å². The third-order valence-electron chi connectivity index (χ3n) is 8.75. The Balaban J connectivity index is 1.90. The van der Waals surface area contributed by atoms with Crippen LogP contribution in [0.3, 0.4) is 0 Å². The molecule has 0 fully saturated rings. The fourth-order valence-corrected chi connectivity index (χ4v) is 6.42. The minimum atomic E-state index is -0.795. The summed E-state index contributed by atoms with van der Waals surface area (Å²) in [6.45, 7) is 8.05. The molecule has 0 saturated carbocycles. The number of carbonyl (C=O) groups excluding carboxylic acids is 6. The van der Waals surface area contributed by atoms with Gasteiger partial charge in [-0.25, -0.2) is 0 Å². The number of hydrogen-bond acceptors (Lipinski definition) is 8. The number of benzene rings is 2. The summed E-state index contributed by atoms with van der Waals surface area (Å²) in [6.07, 6.45) is 2.58. The highest BCUT2D eigenvalue weighted by atomic mass is 16.5. The SMILES string of the molecule is CC(=O)Oc1ccc(CC2C(=O)N3CCCCN(C(C)=O)CCCN(C(C)=O)C(CC(=O)NCCC3)c3ccc(OC(C)=O)c2c3)cc1. The minimum Gasteiger partial charge on any atom is -0.427 e. The van der Waals surface area contributed by atoms with Crippen molar-refractivity contribution in [2.45, 2.75) is 78.2 Å². The maximum absolute atomic E-state index is 14.7. The molecule has 48 heavy (non-hydrogen) atoms. The summed E-state index contributed by atoms with van der Waals surface area (Å²) in [5, 5.41) is 2.97. The van der Waals surface area contributed by atoms with Crippen molar-refractivity contribution in [3.63, 3.8) is 0 Å². The lowest BCUT2D eigenvalue weighted by Crippen LogP contribution is -2.39. The highest BCUT2D eigenvalue weighted by molar-refractivity contribution is 5.86. The molecule has 0 radical (unpaired) electrons. The molecule has 258 valence electrons. The maximum Gasteiger partial charge on any atom is 0.308 e. The second-order valence-corrected chi connectivity index (χ2v) is 12.4. The van der Waals surface area contributed by atoms with E-state index in [9.17, 15) is 28.8 Å². The summed E-state index contributed by atoms with van der Waals surface area (Å²) in [7, 11) is 0. The Labute approximate surface area is 281 Å². The summed E-state index contributed by atoms with van der Waals surface area (Å²) in [5.41, 5.74) is 1.89. The summed E-state index contributed by atoms with van der Waals surface area (Å²) in [4.78, 5) is 82.6. The van der Waals surface area contributed by atoms with Gasteiger partial charge in [0.1, 0.15) is 11.5 Å². The molecule has 2 aromatic carbocycles. The topological polar surface area (TPSA) is 143 Å². The molecule has 12 nitrogen and oxygen atoms in total. The number of rotatable bonds is 4. The van der Waals surface area contributed by atoms with E-state index in [1.165, 1.54) is 27.7 Å². The average Bonchev–Trinajstić information content (AvgIpc) is 3.03. The number of amides is 4. The first-order chi connectivity index (χ1) is 22.9.